The Balaban J connectivity index is 1.91. The highest BCUT2D eigenvalue weighted by Gasteiger charge is 2.77. The average molecular weight is 206 g/mol. The molecule has 3 saturated carbocycles. The van der Waals surface area contributed by atoms with Crippen molar-refractivity contribution in [1.82, 2.24) is 0 Å². The predicted molar refractivity (Wildman–Crippen MR) is 60.5 cm³/mol. The molecule has 0 aromatic carbocycles. The largest absolute Gasteiger partial charge is 0.300 e. The number of ketones is 1. The molecule has 0 aromatic heterocycles. The fraction of sp³-hybridized carbons (Fsp3) is 0.929. The van der Waals surface area contributed by atoms with E-state index in [0.29, 0.717) is 22.0 Å². The lowest BCUT2D eigenvalue weighted by atomic mass is 9.81. The van der Waals surface area contributed by atoms with Crippen LogP contribution in [0, 0.1) is 22.2 Å². The average Bonchev–Trinajstić information content (AvgIpc) is 2.43. The summed E-state index contributed by atoms with van der Waals surface area (Å²) in [5.74, 6) is 1.40. The van der Waals surface area contributed by atoms with Crippen molar-refractivity contribution < 1.29 is 4.79 Å². The molecule has 0 amide bonds. The number of fused-ring (bicyclic) bond motifs is 1. The molecular weight excluding hydrogens is 184 g/mol. The van der Waals surface area contributed by atoms with Crippen LogP contribution >= 0.6 is 0 Å². The van der Waals surface area contributed by atoms with Gasteiger partial charge in [-0.2, -0.15) is 0 Å². The van der Waals surface area contributed by atoms with E-state index in [1.165, 1.54) is 25.7 Å². The summed E-state index contributed by atoms with van der Waals surface area (Å²) in [6.07, 6.45) is 7.17. The van der Waals surface area contributed by atoms with E-state index in [-0.39, 0.29) is 0 Å². The number of hydrogen-bond acceptors (Lipinski definition) is 1. The lowest BCUT2D eigenvalue weighted by Crippen LogP contribution is -2.15. The quantitative estimate of drug-likeness (QED) is 0.592. The minimum Gasteiger partial charge on any atom is -0.300 e. The van der Waals surface area contributed by atoms with E-state index < -0.39 is 0 Å². The molecule has 0 aromatic rings. The van der Waals surface area contributed by atoms with Gasteiger partial charge in [0.25, 0.3) is 0 Å². The maximum Gasteiger partial charge on any atom is 0.134 e. The lowest BCUT2D eigenvalue weighted by Gasteiger charge is -2.25. The molecule has 0 bridgehead atoms. The molecular formula is C14H22O. The first-order valence-corrected chi connectivity index (χ1v) is 6.41. The highest BCUT2D eigenvalue weighted by molar-refractivity contribution is 5.85. The summed E-state index contributed by atoms with van der Waals surface area (Å²) in [7, 11) is 0. The van der Waals surface area contributed by atoms with Gasteiger partial charge in [0.15, 0.2) is 0 Å². The molecule has 15 heavy (non-hydrogen) atoms. The summed E-state index contributed by atoms with van der Waals surface area (Å²) >= 11 is 0. The Labute approximate surface area is 92.6 Å². The minimum atomic E-state index is 0.405. The first kappa shape index (κ1) is 9.86. The Kier molecular flexibility index (Phi) is 1.64. The smallest absolute Gasteiger partial charge is 0.134 e. The normalized spacial score (nSPS) is 51.9. The van der Waals surface area contributed by atoms with Gasteiger partial charge in [-0.25, -0.2) is 0 Å². The summed E-state index contributed by atoms with van der Waals surface area (Å²) < 4.78 is 0. The Morgan fingerprint density at radius 2 is 1.87 bits per heavy atom. The maximum atomic E-state index is 11.6. The molecule has 0 unspecified atom stereocenters. The van der Waals surface area contributed by atoms with E-state index in [2.05, 4.69) is 20.8 Å². The standard InChI is InChI=1S/C14H22O/c1-12(2)5-4-6-14-8-10(15)7-13(14,3)11(14)9-12/h11H,4-9H2,1-3H3/t11-,13-,14+/m1/s1. The molecule has 0 radical (unpaired) electrons. The third-order valence-electron chi connectivity index (χ3n) is 5.80. The first-order valence-electron chi connectivity index (χ1n) is 6.41. The van der Waals surface area contributed by atoms with E-state index >= 15 is 0 Å². The third-order valence-corrected chi connectivity index (χ3v) is 5.80. The van der Waals surface area contributed by atoms with Crippen molar-refractivity contribution in [2.45, 2.75) is 59.3 Å². The maximum absolute atomic E-state index is 11.6. The molecule has 3 fully saturated rings. The van der Waals surface area contributed by atoms with Crippen molar-refractivity contribution in [3.05, 3.63) is 0 Å². The van der Waals surface area contributed by atoms with Gasteiger partial charge in [0.2, 0.25) is 0 Å². The van der Waals surface area contributed by atoms with E-state index in [4.69, 9.17) is 0 Å². The van der Waals surface area contributed by atoms with Gasteiger partial charge in [-0.15, -0.1) is 0 Å². The Bertz CT molecular complexity index is 330. The van der Waals surface area contributed by atoms with Crippen molar-refractivity contribution in [3.63, 3.8) is 0 Å². The number of rotatable bonds is 0. The minimum absolute atomic E-state index is 0.405. The monoisotopic (exact) mass is 206 g/mol. The van der Waals surface area contributed by atoms with E-state index in [1.54, 1.807) is 0 Å². The van der Waals surface area contributed by atoms with Crippen molar-refractivity contribution in [1.29, 1.82) is 0 Å². The number of carbonyl (C=O) groups is 1. The van der Waals surface area contributed by atoms with E-state index in [9.17, 15) is 4.79 Å². The van der Waals surface area contributed by atoms with Gasteiger partial charge in [0.05, 0.1) is 0 Å². The Morgan fingerprint density at radius 3 is 2.60 bits per heavy atom. The fourth-order valence-electron chi connectivity index (χ4n) is 4.91. The van der Waals surface area contributed by atoms with Crippen LogP contribution in [-0.2, 0) is 4.79 Å². The second-order valence-corrected chi connectivity index (χ2v) is 7.24. The molecule has 84 valence electrons. The highest BCUT2D eigenvalue weighted by Crippen LogP contribution is 2.81. The van der Waals surface area contributed by atoms with E-state index in [0.717, 1.165) is 18.8 Å². The molecule has 3 atom stereocenters. The van der Waals surface area contributed by atoms with Gasteiger partial charge < -0.3 is 0 Å². The highest BCUT2D eigenvalue weighted by atomic mass is 16.1. The molecule has 1 nitrogen and oxygen atoms in total. The lowest BCUT2D eigenvalue weighted by molar-refractivity contribution is -0.119. The first-order chi connectivity index (χ1) is 6.90. The van der Waals surface area contributed by atoms with Gasteiger partial charge in [0.1, 0.15) is 5.78 Å². The summed E-state index contributed by atoms with van der Waals surface area (Å²) in [4.78, 5) is 11.6. The summed E-state index contributed by atoms with van der Waals surface area (Å²) in [5.41, 5.74) is 1.38. The van der Waals surface area contributed by atoms with Crippen LogP contribution in [0.5, 0.6) is 0 Å². The van der Waals surface area contributed by atoms with Crippen LogP contribution in [-0.4, -0.2) is 5.78 Å². The number of hydrogen-bond donors (Lipinski definition) is 0. The topological polar surface area (TPSA) is 17.1 Å². The Hall–Kier alpha value is -0.330. The summed E-state index contributed by atoms with van der Waals surface area (Å²) in [5, 5.41) is 0. The zero-order chi connectivity index (χ0) is 10.9. The molecule has 3 aliphatic carbocycles. The summed E-state index contributed by atoms with van der Waals surface area (Å²) in [6, 6.07) is 0. The number of Topliss-reactive ketones (excluding diaryl/α,β-unsaturated/α-hetero) is 1. The fourth-order valence-corrected chi connectivity index (χ4v) is 4.91. The molecule has 3 rings (SSSR count). The van der Waals surface area contributed by atoms with Crippen molar-refractivity contribution in [3.8, 4) is 0 Å². The summed E-state index contributed by atoms with van der Waals surface area (Å²) in [6.45, 7) is 7.19. The zero-order valence-corrected chi connectivity index (χ0v) is 10.2. The molecule has 0 aliphatic heterocycles. The predicted octanol–water partition coefficient (Wildman–Crippen LogP) is 3.57. The van der Waals surface area contributed by atoms with Crippen LogP contribution in [0.3, 0.4) is 0 Å². The van der Waals surface area contributed by atoms with Gasteiger partial charge in [-0.3, -0.25) is 4.79 Å². The molecule has 1 heteroatoms. The zero-order valence-electron chi connectivity index (χ0n) is 10.2. The van der Waals surface area contributed by atoms with Gasteiger partial charge >= 0.3 is 0 Å². The van der Waals surface area contributed by atoms with Crippen LogP contribution in [0.4, 0.5) is 0 Å². The third kappa shape index (κ3) is 1.07. The molecule has 1 spiro atoms. The van der Waals surface area contributed by atoms with Gasteiger partial charge in [-0.1, -0.05) is 27.2 Å². The van der Waals surface area contributed by atoms with Crippen LogP contribution in [0.1, 0.15) is 59.3 Å². The van der Waals surface area contributed by atoms with Gasteiger partial charge in [-0.05, 0) is 41.4 Å². The second-order valence-electron chi connectivity index (χ2n) is 7.24. The van der Waals surface area contributed by atoms with Gasteiger partial charge in [0, 0.05) is 12.8 Å². The van der Waals surface area contributed by atoms with Crippen LogP contribution in [0.25, 0.3) is 0 Å². The number of carbonyl (C=O) groups excluding carboxylic acids is 1. The van der Waals surface area contributed by atoms with Crippen molar-refractivity contribution >= 4 is 5.78 Å². The van der Waals surface area contributed by atoms with Crippen molar-refractivity contribution in [2.75, 3.05) is 0 Å². The second kappa shape index (κ2) is 2.49. The SMILES string of the molecule is CC1(C)CCC[C@@]23CC(=O)C[C@]2(C)[C@H]3C1. The van der Waals surface area contributed by atoms with Crippen LogP contribution < -0.4 is 0 Å². The molecule has 0 N–H and O–H groups in total. The molecule has 0 heterocycles. The molecule has 3 aliphatic rings. The van der Waals surface area contributed by atoms with Crippen LogP contribution in [0.2, 0.25) is 0 Å². The molecule has 0 saturated heterocycles. The Morgan fingerprint density at radius 1 is 1.13 bits per heavy atom. The van der Waals surface area contributed by atoms with E-state index in [1.807, 2.05) is 0 Å². The van der Waals surface area contributed by atoms with Crippen LogP contribution in [0.15, 0.2) is 0 Å². The van der Waals surface area contributed by atoms with Crippen molar-refractivity contribution in [2.24, 2.45) is 22.2 Å².